The predicted octanol–water partition coefficient (Wildman–Crippen LogP) is 2.45. The van der Waals surface area contributed by atoms with Gasteiger partial charge in [0, 0.05) is 19.1 Å². The maximum Gasteiger partial charge on any atom is 0.0239 e. The monoisotopic (exact) mass is 244 g/mol. The summed E-state index contributed by atoms with van der Waals surface area (Å²) in [4.78, 5) is 5.17. The summed E-state index contributed by atoms with van der Waals surface area (Å²) in [5, 5.41) is 0. The summed E-state index contributed by atoms with van der Waals surface area (Å²) in [5.74, 6) is 0. The molecule has 0 amide bonds. The van der Waals surface area contributed by atoms with E-state index in [1.165, 1.54) is 51.0 Å². The van der Waals surface area contributed by atoms with E-state index >= 15 is 0 Å². The summed E-state index contributed by atoms with van der Waals surface area (Å²) in [6, 6.07) is 7.61. The number of fused-ring (bicyclic) bond motifs is 1. The topological polar surface area (TPSA) is 6.48 Å². The molecule has 1 aromatic carbocycles. The molecule has 0 bridgehead atoms. The fourth-order valence-electron chi connectivity index (χ4n) is 3.49. The van der Waals surface area contributed by atoms with E-state index in [0.717, 1.165) is 6.04 Å². The number of nitrogens with zero attached hydrogens (tertiary/aromatic N) is 2. The van der Waals surface area contributed by atoms with Crippen molar-refractivity contribution in [1.29, 1.82) is 0 Å². The third-order valence-electron chi connectivity index (χ3n) is 4.73. The third kappa shape index (κ3) is 2.32. The van der Waals surface area contributed by atoms with Crippen molar-refractivity contribution in [2.45, 2.75) is 38.8 Å². The molecule has 0 aromatic heterocycles. The van der Waals surface area contributed by atoms with Crippen LogP contribution in [0.5, 0.6) is 0 Å². The van der Waals surface area contributed by atoms with E-state index in [-0.39, 0.29) is 0 Å². The number of aryl methyl sites for hydroxylation is 1. The fourth-order valence-corrected chi connectivity index (χ4v) is 3.49. The van der Waals surface area contributed by atoms with E-state index in [9.17, 15) is 0 Å². The van der Waals surface area contributed by atoms with Gasteiger partial charge in [-0.2, -0.15) is 0 Å². The lowest BCUT2D eigenvalue weighted by Crippen LogP contribution is -2.45. The lowest BCUT2D eigenvalue weighted by atomic mass is 9.93. The number of piperidine rings is 1. The van der Waals surface area contributed by atoms with E-state index in [2.05, 4.69) is 42.0 Å². The minimum atomic E-state index is 0.815. The van der Waals surface area contributed by atoms with Crippen LogP contribution >= 0.6 is 0 Å². The second-order valence-electron chi connectivity index (χ2n) is 5.97. The van der Waals surface area contributed by atoms with Crippen LogP contribution in [0, 0.1) is 6.92 Å². The lowest BCUT2D eigenvalue weighted by Gasteiger charge is -2.40. The molecule has 1 fully saturated rings. The van der Waals surface area contributed by atoms with Gasteiger partial charge in [-0.05, 0) is 63.0 Å². The van der Waals surface area contributed by atoms with Crippen molar-refractivity contribution in [3.8, 4) is 0 Å². The van der Waals surface area contributed by atoms with Crippen LogP contribution in [0.3, 0.4) is 0 Å². The molecular formula is C16H24N2. The molecule has 0 saturated carbocycles. The summed E-state index contributed by atoms with van der Waals surface area (Å²) >= 11 is 0. The minimum absolute atomic E-state index is 0.815. The Hall–Kier alpha value is -0.860. The minimum Gasteiger partial charge on any atom is -0.306 e. The molecule has 0 aliphatic carbocycles. The van der Waals surface area contributed by atoms with Gasteiger partial charge >= 0.3 is 0 Å². The zero-order valence-corrected chi connectivity index (χ0v) is 11.7. The van der Waals surface area contributed by atoms with Crippen molar-refractivity contribution in [1.82, 2.24) is 9.80 Å². The highest BCUT2D eigenvalue weighted by Crippen LogP contribution is 2.26. The molecule has 3 rings (SSSR count). The van der Waals surface area contributed by atoms with Gasteiger partial charge in [-0.1, -0.05) is 18.2 Å². The molecule has 0 radical (unpaired) electrons. The van der Waals surface area contributed by atoms with Gasteiger partial charge in [0.05, 0.1) is 0 Å². The summed E-state index contributed by atoms with van der Waals surface area (Å²) in [6.07, 6.45) is 3.93. The highest BCUT2D eigenvalue weighted by Gasteiger charge is 2.26. The first-order valence-electron chi connectivity index (χ1n) is 7.24. The van der Waals surface area contributed by atoms with Gasteiger partial charge in [0.25, 0.3) is 0 Å². The largest absolute Gasteiger partial charge is 0.306 e. The normalized spacial score (nSPS) is 23.0. The number of hydrogen-bond donors (Lipinski definition) is 0. The van der Waals surface area contributed by atoms with Crippen LogP contribution in [0.4, 0.5) is 0 Å². The second-order valence-corrected chi connectivity index (χ2v) is 5.97. The molecule has 2 nitrogen and oxygen atoms in total. The van der Waals surface area contributed by atoms with Crippen molar-refractivity contribution < 1.29 is 0 Å². The molecule has 1 saturated heterocycles. The van der Waals surface area contributed by atoms with E-state index in [0.29, 0.717) is 0 Å². The summed E-state index contributed by atoms with van der Waals surface area (Å²) in [7, 11) is 2.24. The number of rotatable bonds is 1. The molecule has 0 unspecified atom stereocenters. The Morgan fingerprint density at radius 3 is 2.67 bits per heavy atom. The molecule has 2 heteroatoms. The first kappa shape index (κ1) is 12.2. The highest BCUT2D eigenvalue weighted by atomic mass is 15.2. The third-order valence-corrected chi connectivity index (χ3v) is 4.73. The van der Waals surface area contributed by atoms with Crippen molar-refractivity contribution in [2.24, 2.45) is 0 Å². The van der Waals surface area contributed by atoms with Crippen molar-refractivity contribution >= 4 is 0 Å². The quantitative estimate of drug-likeness (QED) is 0.749. The van der Waals surface area contributed by atoms with E-state index < -0.39 is 0 Å². The first-order valence-corrected chi connectivity index (χ1v) is 7.24. The molecule has 0 atom stereocenters. The van der Waals surface area contributed by atoms with E-state index in [1.54, 1.807) is 11.1 Å². The van der Waals surface area contributed by atoms with Crippen LogP contribution in [0.15, 0.2) is 18.2 Å². The Balaban J connectivity index is 1.71. The summed E-state index contributed by atoms with van der Waals surface area (Å²) in [6.45, 7) is 7.21. The molecular weight excluding hydrogens is 220 g/mol. The molecule has 1 aromatic rings. The summed E-state index contributed by atoms with van der Waals surface area (Å²) < 4.78 is 0. The van der Waals surface area contributed by atoms with Crippen molar-refractivity contribution in [2.75, 3.05) is 26.7 Å². The molecule has 0 N–H and O–H groups in total. The number of benzene rings is 1. The number of hydrogen-bond acceptors (Lipinski definition) is 2. The Bertz CT molecular complexity index is 419. The number of likely N-dealkylation sites (tertiary alicyclic amines) is 1. The van der Waals surface area contributed by atoms with Crippen LogP contribution < -0.4 is 0 Å². The molecule has 2 aliphatic rings. The van der Waals surface area contributed by atoms with Crippen LogP contribution in [-0.2, 0) is 13.0 Å². The average molecular weight is 244 g/mol. The highest BCUT2D eigenvalue weighted by molar-refractivity contribution is 5.36. The Kier molecular flexibility index (Phi) is 3.40. The molecule has 0 spiro atoms. The lowest BCUT2D eigenvalue weighted by molar-refractivity contribution is 0.109. The van der Waals surface area contributed by atoms with Gasteiger partial charge in [0.15, 0.2) is 0 Å². The molecule has 2 heterocycles. The Morgan fingerprint density at radius 2 is 1.89 bits per heavy atom. The SMILES string of the molecule is Cc1cccc2c1CCN(C1CCN(C)CC1)C2. The zero-order valence-electron chi connectivity index (χ0n) is 11.7. The van der Waals surface area contributed by atoms with Crippen LogP contribution in [0.1, 0.15) is 29.5 Å². The average Bonchev–Trinajstić information content (AvgIpc) is 2.39. The second kappa shape index (κ2) is 5.02. The van der Waals surface area contributed by atoms with Crippen LogP contribution in [0.25, 0.3) is 0 Å². The summed E-state index contributed by atoms with van der Waals surface area (Å²) in [5.41, 5.74) is 4.66. The van der Waals surface area contributed by atoms with Crippen LogP contribution in [0.2, 0.25) is 0 Å². The van der Waals surface area contributed by atoms with Crippen molar-refractivity contribution in [3.63, 3.8) is 0 Å². The standard InChI is InChI=1S/C16H24N2/c1-13-4-3-5-14-12-18(11-8-16(13)14)15-6-9-17(2)10-7-15/h3-5,15H,6-12H2,1-2H3. The molecule has 18 heavy (non-hydrogen) atoms. The van der Waals surface area contributed by atoms with Crippen LogP contribution in [-0.4, -0.2) is 42.5 Å². The smallest absolute Gasteiger partial charge is 0.0239 e. The zero-order chi connectivity index (χ0) is 12.5. The maximum atomic E-state index is 2.72. The first-order chi connectivity index (χ1) is 8.74. The molecule has 98 valence electrons. The van der Waals surface area contributed by atoms with Gasteiger partial charge < -0.3 is 4.90 Å². The Morgan fingerprint density at radius 1 is 1.11 bits per heavy atom. The molecule has 2 aliphatic heterocycles. The predicted molar refractivity (Wildman–Crippen MR) is 75.8 cm³/mol. The van der Waals surface area contributed by atoms with Crippen molar-refractivity contribution in [3.05, 3.63) is 34.9 Å². The fraction of sp³-hybridized carbons (Fsp3) is 0.625. The van der Waals surface area contributed by atoms with Gasteiger partial charge in [0.1, 0.15) is 0 Å². The Labute approximate surface area is 111 Å². The van der Waals surface area contributed by atoms with E-state index in [4.69, 9.17) is 0 Å². The van der Waals surface area contributed by atoms with Gasteiger partial charge in [0.2, 0.25) is 0 Å². The van der Waals surface area contributed by atoms with Gasteiger partial charge in [-0.15, -0.1) is 0 Å². The maximum absolute atomic E-state index is 2.72. The van der Waals surface area contributed by atoms with E-state index in [1.807, 2.05) is 0 Å². The van der Waals surface area contributed by atoms with Gasteiger partial charge in [-0.3, -0.25) is 4.90 Å². The van der Waals surface area contributed by atoms with Gasteiger partial charge in [-0.25, -0.2) is 0 Å².